The maximum atomic E-state index is 10.9. The van der Waals surface area contributed by atoms with Crippen molar-refractivity contribution < 1.29 is 14.7 Å². The minimum Gasteiger partial charge on any atom is -0.475 e. The molecule has 0 aliphatic rings. The number of nitrogens with zero attached hydrogens (tertiary/aromatic N) is 1. The largest absolute Gasteiger partial charge is 0.475 e. The van der Waals surface area contributed by atoms with Gasteiger partial charge in [-0.3, -0.25) is 4.79 Å². The van der Waals surface area contributed by atoms with Gasteiger partial charge in [0.2, 0.25) is 5.78 Å². The molecule has 1 heterocycles. The molecule has 0 fully saturated rings. The number of carbonyl (C=O) groups excluding carboxylic acids is 1. The summed E-state index contributed by atoms with van der Waals surface area (Å²) in [6.45, 7) is 0. The van der Waals surface area contributed by atoms with Crippen LogP contribution >= 0.6 is 11.8 Å². The number of ketones is 1. The van der Waals surface area contributed by atoms with Gasteiger partial charge in [-0.1, -0.05) is 23.9 Å². The number of fused-ring (bicyclic) bond motifs is 1. The van der Waals surface area contributed by atoms with Gasteiger partial charge >= 0.3 is 5.97 Å². The third-order valence-electron chi connectivity index (χ3n) is 1.95. The fourth-order valence-corrected chi connectivity index (χ4v) is 1.93. The van der Waals surface area contributed by atoms with Crippen molar-refractivity contribution >= 4 is 34.5 Å². The summed E-state index contributed by atoms with van der Waals surface area (Å²) in [5.74, 6) is -2.36. The monoisotopic (exact) mass is 236 g/mol. The Kier molecular flexibility index (Phi) is 2.91. The Bertz CT molecular complexity index is 517. The molecule has 0 amide bonds. The third-order valence-corrected chi connectivity index (χ3v) is 2.82. The van der Waals surface area contributed by atoms with Crippen molar-refractivity contribution in [1.29, 1.82) is 0 Å². The average molecular weight is 236 g/mol. The summed E-state index contributed by atoms with van der Waals surface area (Å²) in [7, 11) is 0. The predicted octanol–water partition coefficient (Wildman–Crippen LogP) is 1.31. The summed E-state index contributed by atoms with van der Waals surface area (Å²) in [6.07, 6.45) is 0. The lowest BCUT2D eigenvalue weighted by Crippen LogP contribution is -2.14. The minimum atomic E-state index is -1.41. The summed E-state index contributed by atoms with van der Waals surface area (Å²) in [5.41, 5.74) is 1.67. The van der Waals surface area contributed by atoms with Gasteiger partial charge in [-0.05, 0) is 12.1 Å². The van der Waals surface area contributed by atoms with Crippen LogP contribution in [-0.2, 0) is 9.59 Å². The lowest BCUT2D eigenvalue weighted by atomic mass is 10.3. The van der Waals surface area contributed by atoms with E-state index < -0.39 is 11.8 Å². The van der Waals surface area contributed by atoms with Gasteiger partial charge < -0.3 is 10.1 Å². The normalized spacial score (nSPS) is 10.5. The SMILES string of the molecule is O=C(O)C(=O)CSc1nc2ccccc2[nH]1. The lowest BCUT2D eigenvalue weighted by molar-refractivity contribution is -0.147. The highest BCUT2D eigenvalue weighted by molar-refractivity contribution is 7.99. The fraction of sp³-hybridized carbons (Fsp3) is 0.100. The maximum Gasteiger partial charge on any atom is 0.373 e. The molecule has 5 nitrogen and oxygen atoms in total. The molecule has 0 bridgehead atoms. The molecule has 2 N–H and O–H groups in total. The van der Waals surface area contributed by atoms with E-state index in [0.717, 1.165) is 22.8 Å². The maximum absolute atomic E-state index is 10.9. The smallest absolute Gasteiger partial charge is 0.373 e. The molecular weight excluding hydrogens is 228 g/mol. The lowest BCUT2D eigenvalue weighted by Gasteiger charge is -1.92. The highest BCUT2D eigenvalue weighted by Crippen LogP contribution is 2.18. The number of para-hydroxylation sites is 2. The van der Waals surface area contributed by atoms with Crippen molar-refractivity contribution in [3.63, 3.8) is 0 Å². The number of nitrogens with one attached hydrogen (secondary N) is 1. The molecule has 1 aromatic carbocycles. The second-order valence-electron chi connectivity index (χ2n) is 3.08. The number of benzene rings is 1. The Morgan fingerprint density at radius 1 is 1.38 bits per heavy atom. The molecule has 2 rings (SSSR count). The molecule has 0 aliphatic carbocycles. The molecule has 16 heavy (non-hydrogen) atoms. The fourth-order valence-electron chi connectivity index (χ4n) is 1.19. The van der Waals surface area contributed by atoms with Crippen molar-refractivity contribution in [1.82, 2.24) is 9.97 Å². The van der Waals surface area contributed by atoms with Crippen LogP contribution in [0.5, 0.6) is 0 Å². The number of imidazole rings is 1. The van der Waals surface area contributed by atoms with Crippen LogP contribution in [-0.4, -0.2) is 32.6 Å². The van der Waals surface area contributed by atoms with E-state index in [1.807, 2.05) is 24.3 Å². The number of carboxylic acid groups (broad SMARTS) is 1. The zero-order chi connectivity index (χ0) is 11.5. The first-order chi connectivity index (χ1) is 7.66. The summed E-state index contributed by atoms with van der Waals surface area (Å²) >= 11 is 1.09. The number of hydrogen-bond donors (Lipinski definition) is 2. The Morgan fingerprint density at radius 2 is 2.12 bits per heavy atom. The Labute approximate surface area is 94.9 Å². The number of hydrogen-bond acceptors (Lipinski definition) is 4. The molecule has 82 valence electrons. The molecule has 0 unspecified atom stereocenters. The van der Waals surface area contributed by atoms with E-state index in [1.165, 1.54) is 0 Å². The zero-order valence-corrected chi connectivity index (χ0v) is 8.95. The van der Waals surface area contributed by atoms with Crippen molar-refractivity contribution in [2.24, 2.45) is 0 Å². The highest BCUT2D eigenvalue weighted by atomic mass is 32.2. The number of H-pyrrole nitrogens is 1. The number of Topliss-reactive ketones (excluding diaryl/α,β-unsaturated/α-hetero) is 1. The molecule has 0 aliphatic heterocycles. The number of aromatic nitrogens is 2. The van der Waals surface area contributed by atoms with Gasteiger partial charge in [0, 0.05) is 0 Å². The van der Waals surface area contributed by atoms with Crippen molar-refractivity contribution in [3.05, 3.63) is 24.3 Å². The molecule has 1 aromatic heterocycles. The molecule has 6 heteroatoms. The van der Waals surface area contributed by atoms with Crippen LogP contribution in [0, 0.1) is 0 Å². The van der Waals surface area contributed by atoms with E-state index in [0.29, 0.717) is 5.16 Å². The van der Waals surface area contributed by atoms with Crippen LogP contribution in [0.15, 0.2) is 29.4 Å². The second-order valence-corrected chi connectivity index (χ2v) is 4.04. The van der Waals surface area contributed by atoms with Gasteiger partial charge in [-0.25, -0.2) is 9.78 Å². The van der Waals surface area contributed by atoms with Crippen molar-refractivity contribution in [2.45, 2.75) is 5.16 Å². The second kappa shape index (κ2) is 4.36. The molecular formula is C10H8N2O3S. The van der Waals surface area contributed by atoms with Crippen LogP contribution < -0.4 is 0 Å². The van der Waals surface area contributed by atoms with Gasteiger partial charge in [0.15, 0.2) is 5.16 Å². The molecule has 0 radical (unpaired) electrons. The average Bonchev–Trinajstić information content (AvgIpc) is 2.68. The summed E-state index contributed by atoms with van der Waals surface area (Å²) < 4.78 is 0. The molecule has 0 saturated heterocycles. The first-order valence-corrected chi connectivity index (χ1v) is 5.49. The zero-order valence-electron chi connectivity index (χ0n) is 8.14. The van der Waals surface area contributed by atoms with Crippen molar-refractivity contribution in [3.8, 4) is 0 Å². The first kappa shape index (κ1) is 10.7. The van der Waals surface area contributed by atoms with E-state index in [9.17, 15) is 9.59 Å². The molecule has 0 atom stereocenters. The summed E-state index contributed by atoms with van der Waals surface area (Å²) in [4.78, 5) is 28.4. The number of carbonyl (C=O) groups is 2. The Hall–Kier alpha value is -1.82. The molecule has 0 spiro atoms. The van der Waals surface area contributed by atoms with Gasteiger partial charge in [0.1, 0.15) is 0 Å². The Balaban J connectivity index is 2.10. The number of carboxylic acids is 1. The van der Waals surface area contributed by atoms with Gasteiger partial charge in [0.05, 0.1) is 16.8 Å². The van der Waals surface area contributed by atoms with Gasteiger partial charge in [-0.2, -0.15) is 0 Å². The Morgan fingerprint density at radius 3 is 2.81 bits per heavy atom. The minimum absolute atomic E-state index is 0.116. The molecule has 0 saturated carbocycles. The summed E-state index contributed by atoms with van der Waals surface area (Å²) in [5, 5.41) is 8.96. The quantitative estimate of drug-likeness (QED) is 0.617. The van der Waals surface area contributed by atoms with Crippen LogP contribution in [0.25, 0.3) is 11.0 Å². The number of thioether (sulfide) groups is 1. The van der Waals surface area contributed by atoms with Gasteiger partial charge in [0.25, 0.3) is 0 Å². The number of aromatic amines is 1. The van der Waals surface area contributed by atoms with E-state index in [4.69, 9.17) is 5.11 Å². The summed E-state index contributed by atoms with van der Waals surface area (Å²) in [6, 6.07) is 7.44. The van der Waals surface area contributed by atoms with E-state index in [1.54, 1.807) is 0 Å². The van der Waals surface area contributed by atoms with E-state index >= 15 is 0 Å². The van der Waals surface area contributed by atoms with Crippen LogP contribution in [0.1, 0.15) is 0 Å². The number of rotatable bonds is 4. The van der Waals surface area contributed by atoms with Gasteiger partial charge in [-0.15, -0.1) is 0 Å². The van der Waals surface area contributed by atoms with Crippen molar-refractivity contribution in [2.75, 3.05) is 5.75 Å². The molecule has 2 aromatic rings. The topological polar surface area (TPSA) is 83.0 Å². The van der Waals surface area contributed by atoms with E-state index in [-0.39, 0.29) is 5.75 Å². The number of aliphatic carboxylic acids is 1. The highest BCUT2D eigenvalue weighted by Gasteiger charge is 2.12. The third kappa shape index (κ3) is 2.22. The van der Waals surface area contributed by atoms with Crippen LogP contribution in [0.3, 0.4) is 0 Å². The first-order valence-electron chi connectivity index (χ1n) is 4.50. The van der Waals surface area contributed by atoms with Crippen LogP contribution in [0.4, 0.5) is 0 Å². The van der Waals surface area contributed by atoms with E-state index in [2.05, 4.69) is 9.97 Å². The van der Waals surface area contributed by atoms with Crippen LogP contribution in [0.2, 0.25) is 0 Å². The standard InChI is InChI=1S/C10H8N2O3S/c13-8(9(14)15)5-16-10-11-6-3-1-2-4-7(6)12-10/h1-4H,5H2,(H,11,12)(H,14,15). The predicted molar refractivity (Wildman–Crippen MR) is 59.5 cm³/mol.